The Morgan fingerprint density at radius 2 is 2.30 bits per heavy atom. The van der Waals surface area contributed by atoms with Gasteiger partial charge in [-0.15, -0.1) is 0 Å². The zero-order valence-electron chi connectivity index (χ0n) is 12.7. The van der Waals surface area contributed by atoms with Gasteiger partial charge in [0.25, 0.3) is 5.91 Å². The molecule has 0 saturated carbocycles. The number of hydrogen-bond donors (Lipinski definition) is 1. The molecule has 110 valence electrons. The fourth-order valence-corrected chi connectivity index (χ4v) is 2.82. The van der Waals surface area contributed by atoms with Gasteiger partial charge in [-0.2, -0.15) is 0 Å². The van der Waals surface area contributed by atoms with Crippen molar-refractivity contribution in [3.63, 3.8) is 0 Å². The van der Waals surface area contributed by atoms with E-state index in [0.29, 0.717) is 17.5 Å². The third-order valence-corrected chi connectivity index (χ3v) is 3.97. The smallest absolute Gasteiger partial charge is 0.255 e. The Hall–Kier alpha value is -1.42. The van der Waals surface area contributed by atoms with Crippen molar-refractivity contribution < 1.29 is 4.79 Å². The van der Waals surface area contributed by atoms with Gasteiger partial charge in [-0.05, 0) is 43.9 Å². The SMILES string of the molecule is CCCNC1CCN(C(=O)c2cncc(C)c2)CC1C. The van der Waals surface area contributed by atoms with Crippen molar-refractivity contribution in [2.24, 2.45) is 5.92 Å². The lowest BCUT2D eigenvalue weighted by Gasteiger charge is -2.37. The summed E-state index contributed by atoms with van der Waals surface area (Å²) in [4.78, 5) is 18.6. The number of likely N-dealkylation sites (tertiary alicyclic amines) is 1. The molecule has 1 N–H and O–H groups in total. The lowest BCUT2D eigenvalue weighted by atomic mass is 9.93. The fourth-order valence-electron chi connectivity index (χ4n) is 2.82. The van der Waals surface area contributed by atoms with E-state index in [1.807, 2.05) is 17.9 Å². The molecule has 0 spiro atoms. The third-order valence-electron chi connectivity index (χ3n) is 3.97. The van der Waals surface area contributed by atoms with Crippen LogP contribution in [0.5, 0.6) is 0 Å². The number of nitrogens with zero attached hydrogens (tertiary/aromatic N) is 2. The standard InChI is InChI=1S/C16H25N3O/c1-4-6-18-15-5-7-19(11-13(15)3)16(20)14-8-12(2)9-17-10-14/h8-10,13,15,18H,4-7,11H2,1-3H3. The van der Waals surface area contributed by atoms with Gasteiger partial charge < -0.3 is 10.2 Å². The van der Waals surface area contributed by atoms with Crippen molar-refractivity contribution in [2.75, 3.05) is 19.6 Å². The Balaban J connectivity index is 1.97. The van der Waals surface area contributed by atoms with Crippen LogP contribution in [-0.2, 0) is 0 Å². The molecule has 1 aliphatic rings. The maximum atomic E-state index is 12.5. The molecule has 2 unspecified atom stereocenters. The molecular formula is C16H25N3O. The van der Waals surface area contributed by atoms with E-state index in [0.717, 1.165) is 38.0 Å². The molecule has 0 aliphatic carbocycles. The lowest BCUT2D eigenvalue weighted by molar-refractivity contribution is 0.0644. The molecular weight excluding hydrogens is 250 g/mol. The summed E-state index contributed by atoms with van der Waals surface area (Å²) in [5, 5.41) is 3.58. The van der Waals surface area contributed by atoms with E-state index in [9.17, 15) is 4.79 Å². The highest BCUT2D eigenvalue weighted by Gasteiger charge is 2.28. The van der Waals surface area contributed by atoms with Crippen molar-refractivity contribution in [2.45, 2.75) is 39.7 Å². The van der Waals surface area contributed by atoms with E-state index < -0.39 is 0 Å². The molecule has 2 atom stereocenters. The lowest BCUT2D eigenvalue weighted by Crippen LogP contribution is -2.50. The first-order valence-corrected chi connectivity index (χ1v) is 7.56. The third kappa shape index (κ3) is 3.57. The van der Waals surface area contributed by atoms with E-state index in [4.69, 9.17) is 0 Å². The summed E-state index contributed by atoms with van der Waals surface area (Å²) in [7, 11) is 0. The molecule has 1 amide bonds. The molecule has 1 aromatic rings. The molecule has 4 nitrogen and oxygen atoms in total. The zero-order valence-corrected chi connectivity index (χ0v) is 12.7. The average Bonchev–Trinajstić information content (AvgIpc) is 2.45. The first-order chi connectivity index (χ1) is 9.61. The van der Waals surface area contributed by atoms with Crippen molar-refractivity contribution in [1.82, 2.24) is 15.2 Å². The van der Waals surface area contributed by atoms with E-state index in [2.05, 4.69) is 24.1 Å². The molecule has 2 heterocycles. The van der Waals surface area contributed by atoms with Crippen LogP contribution >= 0.6 is 0 Å². The minimum Gasteiger partial charge on any atom is -0.338 e. The van der Waals surface area contributed by atoms with Gasteiger partial charge in [0, 0.05) is 31.5 Å². The summed E-state index contributed by atoms with van der Waals surface area (Å²) in [5.41, 5.74) is 1.74. The maximum Gasteiger partial charge on any atom is 0.255 e. The number of piperidine rings is 1. The highest BCUT2D eigenvalue weighted by molar-refractivity contribution is 5.94. The topological polar surface area (TPSA) is 45.2 Å². The Morgan fingerprint density at radius 3 is 2.95 bits per heavy atom. The number of nitrogens with one attached hydrogen (secondary N) is 1. The number of carbonyl (C=O) groups excluding carboxylic acids is 1. The average molecular weight is 275 g/mol. The van der Waals surface area contributed by atoms with Crippen LogP contribution < -0.4 is 5.32 Å². The van der Waals surface area contributed by atoms with Crippen LogP contribution in [0.3, 0.4) is 0 Å². The Kier molecular flexibility index (Phi) is 5.12. The Morgan fingerprint density at radius 1 is 1.50 bits per heavy atom. The van der Waals surface area contributed by atoms with Gasteiger partial charge >= 0.3 is 0 Å². The molecule has 1 aromatic heterocycles. The van der Waals surface area contributed by atoms with Gasteiger partial charge in [0.15, 0.2) is 0 Å². The van der Waals surface area contributed by atoms with Crippen molar-refractivity contribution in [1.29, 1.82) is 0 Å². The van der Waals surface area contributed by atoms with E-state index >= 15 is 0 Å². The van der Waals surface area contributed by atoms with Gasteiger partial charge in [0.05, 0.1) is 5.56 Å². The van der Waals surface area contributed by atoms with Crippen LogP contribution in [0, 0.1) is 12.8 Å². The van der Waals surface area contributed by atoms with Gasteiger partial charge in [-0.3, -0.25) is 9.78 Å². The van der Waals surface area contributed by atoms with Gasteiger partial charge in [0.2, 0.25) is 0 Å². The van der Waals surface area contributed by atoms with Crippen LogP contribution in [0.1, 0.15) is 42.6 Å². The number of amides is 1. The Bertz CT molecular complexity index is 461. The van der Waals surface area contributed by atoms with Gasteiger partial charge in [-0.25, -0.2) is 0 Å². The molecule has 1 saturated heterocycles. The fraction of sp³-hybridized carbons (Fsp3) is 0.625. The van der Waals surface area contributed by atoms with E-state index in [1.165, 1.54) is 0 Å². The highest BCUT2D eigenvalue weighted by Crippen LogP contribution is 2.19. The van der Waals surface area contributed by atoms with Crippen molar-refractivity contribution >= 4 is 5.91 Å². The van der Waals surface area contributed by atoms with Crippen LogP contribution in [0.25, 0.3) is 0 Å². The van der Waals surface area contributed by atoms with E-state index in [1.54, 1.807) is 12.4 Å². The number of hydrogen-bond acceptors (Lipinski definition) is 3. The zero-order chi connectivity index (χ0) is 14.5. The van der Waals surface area contributed by atoms with Crippen molar-refractivity contribution in [3.05, 3.63) is 29.6 Å². The molecule has 1 aliphatic heterocycles. The molecule has 0 aromatic carbocycles. The predicted octanol–water partition coefficient (Wildman–Crippen LogP) is 2.24. The van der Waals surface area contributed by atoms with Gasteiger partial charge in [-0.1, -0.05) is 13.8 Å². The van der Waals surface area contributed by atoms with Crippen LogP contribution in [0.2, 0.25) is 0 Å². The summed E-state index contributed by atoms with van der Waals surface area (Å²) in [5.74, 6) is 0.610. The molecule has 0 radical (unpaired) electrons. The monoisotopic (exact) mass is 275 g/mol. The second kappa shape index (κ2) is 6.84. The first kappa shape index (κ1) is 15.0. The summed E-state index contributed by atoms with van der Waals surface area (Å²) >= 11 is 0. The minimum atomic E-state index is 0.113. The number of pyridine rings is 1. The molecule has 20 heavy (non-hydrogen) atoms. The summed E-state index contributed by atoms with van der Waals surface area (Å²) in [6, 6.07) is 2.45. The number of aryl methyl sites for hydroxylation is 1. The van der Waals surface area contributed by atoms with Crippen LogP contribution in [0.15, 0.2) is 18.5 Å². The highest BCUT2D eigenvalue weighted by atomic mass is 16.2. The molecule has 4 heteroatoms. The molecule has 0 bridgehead atoms. The summed E-state index contributed by atoms with van der Waals surface area (Å²) < 4.78 is 0. The number of carbonyl (C=O) groups is 1. The number of rotatable bonds is 4. The molecule has 1 fully saturated rings. The van der Waals surface area contributed by atoms with Gasteiger partial charge in [0.1, 0.15) is 0 Å². The normalized spacial score (nSPS) is 22.9. The van der Waals surface area contributed by atoms with Crippen molar-refractivity contribution in [3.8, 4) is 0 Å². The summed E-state index contributed by atoms with van der Waals surface area (Å²) in [6.45, 7) is 9.09. The second-order valence-electron chi connectivity index (χ2n) is 5.83. The largest absolute Gasteiger partial charge is 0.338 e. The van der Waals surface area contributed by atoms with Crippen LogP contribution in [0.4, 0.5) is 0 Å². The first-order valence-electron chi connectivity index (χ1n) is 7.56. The maximum absolute atomic E-state index is 12.5. The molecule has 2 rings (SSSR count). The minimum absolute atomic E-state index is 0.113. The summed E-state index contributed by atoms with van der Waals surface area (Å²) in [6.07, 6.45) is 5.63. The van der Waals surface area contributed by atoms with Crippen LogP contribution in [-0.4, -0.2) is 41.5 Å². The quantitative estimate of drug-likeness (QED) is 0.916. The second-order valence-corrected chi connectivity index (χ2v) is 5.83. The Labute approximate surface area is 121 Å². The number of aromatic nitrogens is 1. The predicted molar refractivity (Wildman–Crippen MR) is 80.7 cm³/mol. The van der Waals surface area contributed by atoms with E-state index in [-0.39, 0.29) is 5.91 Å².